The van der Waals surface area contributed by atoms with Gasteiger partial charge in [-0.1, -0.05) is 24.6 Å². The summed E-state index contributed by atoms with van der Waals surface area (Å²) in [4.78, 5) is 28.3. The minimum atomic E-state index is -0.379. The second-order valence-corrected chi connectivity index (χ2v) is 11.4. The van der Waals surface area contributed by atoms with Gasteiger partial charge in [0.2, 0.25) is 5.91 Å². The van der Waals surface area contributed by atoms with Crippen LogP contribution < -0.4 is 0 Å². The lowest BCUT2D eigenvalue weighted by Crippen LogP contribution is -2.66. The molecule has 7 atom stereocenters. The van der Waals surface area contributed by atoms with Crippen LogP contribution in [0.15, 0.2) is 24.3 Å². The lowest BCUT2D eigenvalue weighted by atomic mass is 9.45. The molecule has 168 valence electrons. The van der Waals surface area contributed by atoms with Gasteiger partial charge in [0.05, 0.1) is 11.6 Å². The Labute approximate surface area is 186 Å². The highest BCUT2D eigenvalue weighted by Gasteiger charge is 2.60. The number of benzene rings is 1. The van der Waals surface area contributed by atoms with Crippen molar-refractivity contribution in [2.75, 3.05) is 0 Å². The lowest BCUT2D eigenvalue weighted by molar-refractivity contribution is -0.162. The zero-order valence-corrected chi connectivity index (χ0v) is 19.3. The van der Waals surface area contributed by atoms with E-state index in [-0.39, 0.29) is 23.5 Å². The molecule has 1 saturated heterocycles. The van der Waals surface area contributed by atoms with Gasteiger partial charge in [-0.25, -0.2) is 0 Å². The van der Waals surface area contributed by atoms with Crippen molar-refractivity contribution < 1.29 is 14.7 Å². The van der Waals surface area contributed by atoms with E-state index in [2.05, 4.69) is 13.8 Å². The first-order valence-electron chi connectivity index (χ1n) is 12.4. The average molecular weight is 424 g/mol. The first-order valence-corrected chi connectivity index (χ1v) is 12.4. The van der Waals surface area contributed by atoms with Crippen LogP contribution in [0.5, 0.6) is 0 Å². The molecule has 4 aliphatic rings. The molecule has 0 radical (unpaired) electrons. The van der Waals surface area contributed by atoms with Crippen LogP contribution in [0.4, 0.5) is 0 Å². The van der Waals surface area contributed by atoms with Gasteiger partial charge in [-0.3, -0.25) is 14.5 Å². The molecule has 4 heteroatoms. The summed E-state index contributed by atoms with van der Waals surface area (Å²) in [6, 6.07) is 7.64. The zero-order valence-electron chi connectivity index (χ0n) is 19.3. The number of fused-ring (bicyclic) bond motifs is 5. The molecule has 1 aliphatic heterocycles. The van der Waals surface area contributed by atoms with Crippen LogP contribution in [0.1, 0.15) is 87.6 Å². The molecule has 31 heavy (non-hydrogen) atoms. The molecule has 4 fully saturated rings. The molecular weight excluding hydrogens is 386 g/mol. The molecule has 3 aliphatic carbocycles. The number of imide groups is 1. The number of carbonyl (C=O) groups is 2. The van der Waals surface area contributed by atoms with E-state index in [9.17, 15) is 14.7 Å². The summed E-state index contributed by atoms with van der Waals surface area (Å²) in [5, 5.41) is 10.3. The van der Waals surface area contributed by atoms with Crippen molar-refractivity contribution in [1.82, 2.24) is 4.90 Å². The molecule has 1 N–H and O–H groups in total. The van der Waals surface area contributed by atoms with E-state index in [1.165, 1.54) is 12.8 Å². The maximum Gasteiger partial charge on any atom is 0.260 e. The van der Waals surface area contributed by atoms with Crippen LogP contribution >= 0.6 is 0 Å². The Morgan fingerprint density at radius 3 is 2.48 bits per heavy atom. The summed E-state index contributed by atoms with van der Waals surface area (Å²) in [5.74, 6) is 2.14. The van der Waals surface area contributed by atoms with Crippen LogP contribution in [-0.4, -0.2) is 33.5 Å². The first-order chi connectivity index (χ1) is 14.7. The van der Waals surface area contributed by atoms with Crippen LogP contribution in [0.3, 0.4) is 0 Å². The van der Waals surface area contributed by atoms with Gasteiger partial charge in [0.25, 0.3) is 5.91 Å². The Morgan fingerprint density at radius 1 is 1.00 bits per heavy atom. The zero-order chi connectivity index (χ0) is 22.0. The third-order valence-corrected chi connectivity index (χ3v) is 9.93. The predicted octanol–water partition coefficient (Wildman–Crippen LogP) is 5.12. The van der Waals surface area contributed by atoms with Gasteiger partial charge in [-0.15, -0.1) is 0 Å². The number of aryl methyl sites for hydroxylation is 1. The smallest absolute Gasteiger partial charge is 0.260 e. The summed E-state index contributed by atoms with van der Waals surface area (Å²) in [5.41, 5.74) is 1.67. The Kier molecular flexibility index (Phi) is 5.08. The van der Waals surface area contributed by atoms with Crippen molar-refractivity contribution in [3.05, 3.63) is 35.4 Å². The van der Waals surface area contributed by atoms with Crippen molar-refractivity contribution in [3.8, 4) is 0 Å². The Morgan fingerprint density at radius 2 is 1.74 bits per heavy atom. The molecule has 1 heterocycles. The molecule has 4 nitrogen and oxygen atoms in total. The number of aliphatic hydroxyl groups is 1. The molecule has 3 saturated carbocycles. The lowest BCUT2D eigenvalue weighted by Gasteiger charge is -2.63. The summed E-state index contributed by atoms with van der Waals surface area (Å²) < 4.78 is 0. The summed E-state index contributed by atoms with van der Waals surface area (Å²) in [6.07, 6.45) is 8.63. The fourth-order valence-corrected chi connectivity index (χ4v) is 8.19. The summed E-state index contributed by atoms with van der Waals surface area (Å²) in [7, 11) is 0. The number of aliphatic hydroxyl groups excluding tert-OH is 1. The maximum atomic E-state index is 13.5. The molecule has 5 rings (SSSR count). The fourth-order valence-electron chi connectivity index (χ4n) is 8.19. The number of rotatable bonds is 1. The second kappa shape index (κ2) is 7.43. The average Bonchev–Trinajstić information content (AvgIpc) is 2.73. The third kappa shape index (κ3) is 3.20. The maximum absolute atomic E-state index is 13.5. The minimum absolute atomic E-state index is 0.00321. The molecule has 1 aromatic carbocycles. The third-order valence-electron chi connectivity index (χ3n) is 9.93. The second-order valence-electron chi connectivity index (χ2n) is 11.4. The highest BCUT2D eigenvalue weighted by atomic mass is 16.3. The predicted molar refractivity (Wildman–Crippen MR) is 120 cm³/mol. The largest absolute Gasteiger partial charge is 0.393 e. The monoisotopic (exact) mass is 423 g/mol. The SMILES string of the molecule is Cc1ccc(C(=O)N2C(=O)CC[C@H]3[C@@H]4CCC5C[C@@H](O)CC[C@]5(C)[C@H]4CC[C@@]32C)cc1. The minimum Gasteiger partial charge on any atom is -0.393 e. The van der Waals surface area contributed by atoms with Crippen molar-refractivity contribution in [1.29, 1.82) is 0 Å². The molecule has 2 amide bonds. The highest BCUT2D eigenvalue weighted by molar-refractivity contribution is 6.05. The molecule has 1 aromatic rings. The van der Waals surface area contributed by atoms with Gasteiger partial charge in [0.15, 0.2) is 0 Å². The van der Waals surface area contributed by atoms with Gasteiger partial charge >= 0.3 is 0 Å². The van der Waals surface area contributed by atoms with E-state index < -0.39 is 0 Å². The van der Waals surface area contributed by atoms with Gasteiger partial charge in [-0.05, 0) is 106 Å². The summed E-state index contributed by atoms with van der Waals surface area (Å²) in [6.45, 7) is 6.68. The molecule has 1 unspecified atom stereocenters. The molecule has 0 aromatic heterocycles. The van der Waals surface area contributed by atoms with Crippen molar-refractivity contribution >= 4 is 11.8 Å². The number of piperidine rings is 1. The van der Waals surface area contributed by atoms with Gasteiger partial charge < -0.3 is 5.11 Å². The van der Waals surface area contributed by atoms with Crippen molar-refractivity contribution in [3.63, 3.8) is 0 Å². The normalized spacial score (nSPS) is 42.4. The van der Waals surface area contributed by atoms with E-state index in [4.69, 9.17) is 0 Å². The van der Waals surface area contributed by atoms with Gasteiger partial charge in [0, 0.05) is 12.0 Å². The van der Waals surface area contributed by atoms with E-state index >= 15 is 0 Å². The molecular formula is C27H37NO3. The molecule has 0 bridgehead atoms. The van der Waals surface area contributed by atoms with Crippen LogP contribution in [0, 0.1) is 36.0 Å². The van der Waals surface area contributed by atoms with E-state index in [0.29, 0.717) is 41.1 Å². The van der Waals surface area contributed by atoms with E-state index in [1.54, 1.807) is 4.90 Å². The van der Waals surface area contributed by atoms with Crippen molar-refractivity contribution in [2.24, 2.45) is 29.1 Å². The van der Waals surface area contributed by atoms with Gasteiger partial charge in [0.1, 0.15) is 0 Å². The number of carbonyl (C=O) groups excluding carboxylic acids is 2. The van der Waals surface area contributed by atoms with Crippen LogP contribution in [0.25, 0.3) is 0 Å². The van der Waals surface area contributed by atoms with E-state index in [1.807, 2.05) is 31.2 Å². The first kappa shape index (κ1) is 21.2. The number of likely N-dealkylation sites (tertiary alicyclic amines) is 1. The molecule has 0 spiro atoms. The Hall–Kier alpha value is -1.68. The van der Waals surface area contributed by atoms with Gasteiger partial charge in [-0.2, -0.15) is 0 Å². The number of amides is 2. The number of hydrogen-bond donors (Lipinski definition) is 1. The highest BCUT2D eigenvalue weighted by Crippen LogP contribution is 2.63. The van der Waals surface area contributed by atoms with Crippen molar-refractivity contribution in [2.45, 2.75) is 90.2 Å². The number of hydrogen-bond acceptors (Lipinski definition) is 3. The standard InChI is InChI=1S/C27H37NO3/c1-17-4-6-18(7-5-17)25(31)28-24(30)11-10-23-21-9-8-19-16-20(29)12-14-26(19,2)22(21)13-15-27(23,28)3/h4-7,19-23,29H,8-16H2,1-3H3/t19?,20-,21+,22-,23-,26-,27-/m0/s1. The Balaban J connectivity index is 1.45. The van der Waals surface area contributed by atoms with Crippen LogP contribution in [0.2, 0.25) is 0 Å². The van der Waals surface area contributed by atoms with Crippen LogP contribution in [-0.2, 0) is 4.79 Å². The topological polar surface area (TPSA) is 57.6 Å². The van der Waals surface area contributed by atoms with E-state index in [0.717, 1.165) is 44.1 Å². The number of nitrogens with zero attached hydrogens (tertiary/aromatic N) is 1. The quantitative estimate of drug-likeness (QED) is 0.638. The summed E-state index contributed by atoms with van der Waals surface area (Å²) >= 11 is 0. The fraction of sp³-hybridized carbons (Fsp3) is 0.704. The Bertz CT molecular complexity index is 879.